The van der Waals surface area contributed by atoms with Crippen molar-refractivity contribution in [2.45, 2.75) is 24.5 Å². The number of piperazine rings is 1. The van der Waals surface area contributed by atoms with Crippen molar-refractivity contribution in [3.63, 3.8) is 0 Å². The molecule has 0 amide bonds. The Morgan fingerprint density at radius 1 is 1.20 bits per heavy atom. The molecule has 4 heterocycles. The number of hydrogen-bond acceptors (Lipinski definition) is 8. The van der Waals surface area contributed by atoms with Crippen LogP contribution in [-0.2, 0) is 4.74 Å². The van der Waals surface area contributed by atoms with Gasteiger partial charge in [-0.3, -0.25) is 4.90 Å². The highest BCUT2D eigenvalue weighted by Crippen LogP contribution is 2.36. The van der Waals surface area contributed by atoms with Gasteiger partial charge in [0.25, 0.3) is 0 Å². The lowest BCUT2D eigenvalue weighted by atomic mass is 9.90. The Morgan fingerprint density at radius 3 is 2.83 bits per heavy atom. The van der Waals surface area contributed by atoms with Crippen molar-refractivity contribution in [2.24, 2.45) is 0 Å². The van der Waals surface area contributed by atoms with Crippen LogP contribution in [-0.4, -0.2) is 84.8 Å². The van der Waals surface area contributed by atoms with E-state index in [-0.39, 0.29) is 11.4 Å². The molecule has 3 aliphatic heterocycles. The topological polar surface area (TPSA) is 85.8 Å². The van der Waals surface area contributed by atoms with Gasteiger partial charge in [-0.1, -0.05) is 12.1 Å². The van der Waals surface area contributed by atoms with E-state index in [9.17, 15) is 5.11 Å². The number of ether oxygens (including phenoxy) is 1. The molecule has 3 N–H and O–H groups in total. The highest BCUT2D eigenvalue weighted by atomic mass is 16.5. The van der Waals surface area contributed by atoms with Gasteiger partial charge in [-0.2, -0.15) is 0 Å². The van der Waals surface area contributed by atoms with E-state index < -0.39 is 0 Å². The molecule has 0 spiro atoms. The minimum absolute atomic E-state index is 0.0308. The van der Waals surface area contributed by atoms with E-state index in [1.54, 1.807) is 6.07 Å². The number of nitrogens with one attached hydrogen (secondary N) is 2. The molecule has 0 aliphatic carbocycles. The predicted octanol–water partition coefficient (Wildman–Crippen LogP) is 1.53. The van der Waals surface area contributed by atoms with Crippen molar-refractivity contribution >= 4 is 11.5 Å². The van der Waals surface area contributed by atoms with Crippen LogP contribution in [0.3, 0.4) is 0 Å². The standard InChI is InChI=1S/C22H30N6O2/c1-30-22(6-8-23-9-7-22)15-27-10-11-28-16(14-27)13-24-21-19(28)12-18(25-26-21)17-4-2-3-5-20(17)29/h2-5,12,16,23,29H,6-11,13-15H2,1H3,(H,24,26)/t16-/m0/s1. The number of benzene rings is 1. The van der Waals surface area contributed by atoms with E-state index >= 15 is 0 Å². The van der Waals surface area contributed by atoms with Crippen molar-refractivity contribution in [3.05, 3.63) is 30.3 Å². The molecule has 8 nitrogen and oxygen atoms in total. The molecule has 0 radical (unpaired) electrons. The summed E-state index contributed by atoms with van der Waals surface area (Å²) in [5.41, 5.74) is 2.45. The van der Waals surface area contributed by atoms with Crippen LogP contribution >= 0.6 is 0 Å². The summed E-state index contributed by atoms with van der Waals surface area (Å²) in [5.74, 6) is 1.05. The van der Waals surface area contributed by atoms with Gasteiger partial charge in [-0.05, 0) is 44.1 Å². The number of hydrogen-bond donors (Lipinski definition) is 3. The largest absolute Gasteiger partial charge is 0.507 e. The second-order valence-corrected chi connectivity index (χ2v) is 8.58. The number of methoxy groups -OCH3 is 1. The maximum absolute atomic E-state index is 10.2. The number of para-hydroxylation sites is 1. The van der Waals surface area contributed by atoms with Gasteiger partial charge in [-0.15, -0.1) is 10.2 Å². The van der Waals surface area contributed by atoms with Crippen molar-refractivity contribution in [2.75, 3.05) is 63.1 Å². The van der Waals surface area contributed by atoms with E-state index in [2.05, 4.69) is 36.7 Å². The van der Waals surface area contributed by atoms with E-state index in [4.69, 9.17) is 4.74 Å². The average Bonchev–Trinajstić information content (AvgIpc) is 2.79. The number of fused-ring (bicyclic) bond motifs is 3. The molecular formula is C22H30N6O2. The molecule has 1 aromatic heterocycles. The number of phenolic OH excluding ortho intramolecular Hbond substituents is 1. The Hall–Kier alpha value is -2.42. The van der Waals surface area contributed by atoms with Gasteiger partial charge in [0.05, 0.1) is 23.0 Å². The first-order valence-electron chi connectivity index (χ1n) is 10.8. The van der Waals surface area contributed by atoms with Gasteiger partial charge in [0, 0.05) is 45.4 Å². The van der Waals surface area contributed by atoms with Gasteiger partial charge < -0.3 is 25.4 Å². The van der Waals surface area contributed by atoms with Crippen molar-refractivity contribution in [3.8, 4) is 17.0 Å². The molecule has 2 saturated heterocycles. The third kappa shape index (κ3) is 3.59. The van der Waals surface area contributed by atoms with Crippen LogP contribution in [0, 0.1) is 0 Å². The lowest BCUT2D eigenvalue weighted by molar-refractivity contribution is -0.0594. The Balaban J connectivity index is 1.34. The zero-order valence-corrected chi connectivity index (χ0v) is 17.5. The second-order valence-electron chi connectivity index (χ2n) is 8.58. The van der Waals surface area contributed by atoms with Crippen LogP contribution < -0.4 is 15.5 Å². The molecule has 30 heavy (non-hydrogen) atoms. The van der Waals surface area contributed by atoms with Crippen molar-refractivity contribution < 1.29 is 9.84 Å². The molecule has 8 heteroatoms. The van der Waals surface area contributed by atoms with Crippen LogP contribution in [0.1, 0.15) is 12.8 Å². The summed E-state index contributed by atoms with van der Waals surface area (Å²) in [6.07, 6.45) is 2.13. The number of aromatic hydroxyl groups is 1. The zero-order chi connectivity index (χ0) is 20.6. The molecule has 2 fully saturated rings. The van der Waals surface area contributed by atoms with Crippen LogP contribution in [0.4, 0.5) is 11.5 Å². The first-order valence-corrected chi connectivity index (χ1v) is 10.8. The van der Waals surface area contributed by atoms with E-state index in [1.807, 2.05) is 25.3 Å². The van der Waals surface area contributed by atoms with Crippen molar-refractivity contribution in [1.29, 1.82) is 0 Å². The van der Waals surface area contributed by atoms with Gasteiger partial charge in [0.15, 0.2) is 5.82 Å². The third-order valence-corrected chi connectivity index (χ3v) is 6.79. The molecule has 0 unspecified atom stereocenters. The summed E-state index contributed by atoms with van der Waals surface area (Å²) in [6.45, 7) is 6.85. The maximum Gasteiger partial charge on any atom is 0.172 e. The zero-order valence-electron chi connectivity index (χ0n) is 17.5. The van der Waals surface area contributed by atoms with E-state index in [0.29, 0.717) is 17.3 Å². The van der Waals surface area contributed by atoms with Crippen LogP contribution in [0.2, 0.25) is 0 Å². The fraction of sp³-hybridized carbons (Fsp3) is 0.545. The summed E-state index contributed by atoms with van der Waals surface area (Å²) in [4.78, 5) is 5.00. The number of piperidine rings is 1. The number of nitrogens with zero attached hydrogens (tertiary/aromatic N) is 4. The van der Waals surface area contributed by atoms with Gasteiger partial charge in [0.1, 0.15) is 5.75 Å². The predicted molar refractivity (Wildman–Crippen MR) is 117 cm³/mol. The molecule has 0 saturated carbocycles. The molecule has 3 aliphatic rings. The highest BCUT2D eigenvalue weighted by Gasteiger charge is 2.38. The number of phenols is 1. The first-order chi connectivity index (χ1) is 14.7. The first kappa shape index (κ1) is 19.5. The van der Waals surface area contributed by atoms with E-state index in [0.717, 1.165) is 70.2 Å². The van der Waals surface area contributed by atoms with Gasteiger partial charge in [0.2, 0.25) is 0 Å². The van der Waals surface area contributed by atoms with Crippen LogP contribution in [0.25, 0.3) is 11.3 Å². The Labute approximate surface area is 177 Å². The fourth-order valence-corrected chi connectivity index (χ4v) is 5.03. The molecule has 160 valence electrons. The summed E-state index contributed by atoms with van der Waals surface area (Å²) in [6, 6.07) is 9.71. The van der Waals surface area contributed by atoms with Gasteiger partial charge >= 0.3 is 0 Å². The minimum Gasteiger partial charge on any atom is -0.507 e. The minimum atomic E-state index is -0.0308. The third-order valence-electron chi connectivity index (χ3n) is 6.79. The summed E-state index contributed by atoms with van der Waals surface area (Å²) in [7, 11) is 1.86. The number of aromatic nitrogens is 2. The quantitative estimate of drug-likeness (QED) is 0.700. The SMILES string of the molecule is COC1(CN2CCN3c4cc(-c5ccccc5O)nnc4NC[C@H]3C2)CCNCC1. The lowest BCUT2D eigenvalue weighted by Crippen LogP contribution is -2.61. The second kappa shape index (κ2) is 8.02. The normalized spacial score (nSPS) is 23.4. The molecule has 1 atom stereocenters. The fourth-order valence-electron chi connectivity index (χ4n) is 5.03. The number of rotatable bonds is 4. The maximum atomic E-state index is 10.2. The van der Waals surface area contributed by atoms with E-state index in [1.165, 1.54) is 0 Å². The summed E-state index contributed by atoms with van der Waals surface area (Å²) >= 11 is 0. The van der Waals surface area contributed by atoms with Crippen LogP contribution in [0.5, 0.6) is 5.75 Å². The molecular weight excluding hydrogens is 380 g/mol. The molecule has 0 bridgehead atoms. The summed E-state index contributed by atoms with van der Waals surface area (Å²) in [5, 5.41) is 25.9. The lowest BCUT2D eigenvalue weighted by Gasteiger charge is -2.48. The summed E-state index contributed by atoms with van der Waals surface area (Å²) < 4.78 is 6.00. The Bertz CT molecular complexity index is 901. The Kier molecular flexibility index (Phi) is 5.22. The number of anilines is 2. The van der Waals surface area contributed by atoms with Gasteiger partial charge in [-0.25, -0.2) is 0 Å². The molecule has 5 rings (SSSR count). The van der Waals surface area contributed by atoms with Crippen LogP contribution in [0.15, 0.2) is 30.3 Å². The van der Waals surface area contributed by atoms with Crippen molar-refractivity contribution in [1.82, 2.24) is 20.4 Å². The Morgan fingerprint density at radius 2 is 2.03 bits per heavy atom. The highest BCUT2D eigenvalue weighted by molar-refractivity contribution is 5.76. The smallest absolute Gasteiger partial charge is 0.172 e. The molecule has 2 aromatic rings. The molecule has 1 aromatic carbocycles. The average molecular weight is 411 g/mol. The monoisotopic (exact) mass is 410 g/mol.